The molecule has 0 bridgehead atoms. The van der Waals surface area contributed by atoms with Crippen molar-refractivity contribution in [3.63, 3.8) is 0 Å². The van der Waals surface area contributed by atoms with Crippen LogP contribution in [0.4, 0.5) is 17.1 Å². The highest BCUT2D eigenvalue weighted by atomic mass is 16.3. The largest absolute Gasteiger partial charge is 0.508 e. The zero-order chi connectivity index (χ0) is 18.6. The van der Waals surface area contributed by atoms with Gasteiger partial charge in [-0.2, -0.15) is 0 Å². The Labute approximate surface area is 158 Å². The molecule has 0 radical (unpaired) electrons. The molecule has 4 rings (SSSR count). The van der Waals surface area contributed by atoms with Crippen molar-refractivity contribution in [2.24, 2.45) is 0 Å². The maximum Gasteiger partial charge on any atom is 0.115 e. The molecule has 4 aromatic rings. The number of phenols is 1. The van der Waals surface area contributed by atoms with E-state index < -0.39 is 0 Å². The van der Waals surface area contributed by atoms with Gasteiger partial charge < -0.3 is 16.2 Å². The molecule has 0 aliphatic rings. The summed E-state index contributed by atoms with van der Waals surface area (Å²) < 4.78 is 0. The zero-order valence-corrected chi connectivity index (χ0v) is 14.8. The second-order valence-corrected chi connectivity index (χ2v) is 6.42. The van der Waals surface area contributed by atoms with E-state index in [2.05, 4.69) is 29.6 Å². The average Bonchev–Trinajstić information content (AvgIpc) is 2.71. The summed E-state index contributed by atoms with van der Waals surface area (Å²) in [4.78, 5) is 0. The van der Waals surface area contributed by atoms with E-state index in [0.29, 0.717) is 5.69 Å². The van der Waals surface area contributed by atoms with Gasteiger partial charge in [-0.1, -0.05) is 60.7 Å². The van der Waals surface area contributed by atoms with Crippen molar-refractivity contribution < 1.29 is 5.11 Å². The summed E-state index contributed by atoms with van der Waals surface area (Å²) in [6, 6.07) is 31.6. The number of phenolic OH excluding ortho intramolecular Hbond substituents is 1. The van der Waals surface area contributed by atoms with Crippen molar-refractivity contribution in [2.75, 3.05) is 11.1 Å². The number of aromatic hydroxyl groups is 1. The summed E-state index contributed by atoms with van der Waals surface area (Å²) in [6.07, 6.45) is 0. The average molecular weight is 352 g/mol. The number of rotatable bonds is 4. The lowest BCUT2D eigenvalue weighted by atomic mass is 10.0. The van der Waals surface area contributed by atoms with Gasteiger partial charge in [0.25, 0.3) is 0 Å². The molecule has 0 saturated heterocycles. The second-order valence-electron chi connectivity index (χ2n) is 6.42. The van der Waals surface area contributed by atoms with E-state index >= 15 is 0 Å². The van der Waals surface area contributed by atoms with Crippen molar-refractivity contribution in [1.29, 1.82) is 0 Å². The minimum absolute atomic E-state index is 0.255. The van der Waals surface area contributed by atoms with E-state index in [1.54, 1.807) is 12.1 Å². The van der Waals surface area contributed by atoms with Gasteiger partial charge in [0.15, 0.2) is 0 Å². The Balaban J connectivity index is 1.65. The van der Waals surface area contributed by atoms with E-state index in [0.717, 1.165) is 28.1 Å². The molecule has 0 unspecified atom stereocenters. The van der Waals surface area contributed by atoms with E-state index in [4.69, 9.17) is 5.73 Å². The highest BCUT2D eigenvalue weighted by Crippen LogP contribution is 2.31. The standard InChI is InChI=1S/C24H20N2O/c25-23-14-11-20(18-9-12-22(27)13-10-18)16-24(23)26-21-8-4-7-19(15-21)17-5-2-1-3-6-17/h1-16,26-27H,25H2. The lowest BCUT2D eigenvalue weighted by Gasteiger charge is -2.13. The fraction of sp³-hybridized carbons (Fsp3) is 0. The van der Waals surface area contributed by atoms with Crippen LogP contribution in [-0.2, 0) is 0 Å². The number of hydrogen-bond acceptors (Lipinski definition) is 3. The summed E-state index contributed by atoms with van der Waals surface area (Å²) in [7, 11) is 0. The monoisotopic (exact) mass is 352 g/mol. The van der Waals surface area contributed by atoms with Gasteiger partial charge in [0.1, 0.15) is 5.75 Å². The Hall–Kier alpha value is -3.72. The van der Waals surface area contributed by atoms with Gasteiger partial charge in [-0.15, -0.1) is 0 Å². The maximum atomic E-state index is 9.48. The third kappa shape index (κ3) is 3.77. The molecule has 0 spiro atoms. The third-order valence-electron chi connectivity index (χ3n) is 4.50. The molecule has 132 valence electrons. The molecule has 0 atom stereocenters. The van der Waals surface area contributed by atoms with Crippen LogP contribution in [-0.4, -0.2) is 5.11 Å². The molecule has 0 amide bonds. The number of nitrogen functional groups attached to an aromatic ring is 1. The van der Waals surface area contributed by atoms with Gasteiger partial charge in [0.05, 0.1) is 11.4 Å². The lowest BCUT2D eigenvalue weighted by Crippen LogP contribution is -1.97. The summed E-state index contributed by atoms with van der Waals surface area (Å²) >= 11 is 0. The first-order chi connectivity index (χ1) is 13.2. The molecule has 0 aromatic heterocycles. The molecule has 0 heterocycles. The Bertz CT molecular complexity index is 1060. The summed E-state index contributed by atoms with van der Waals surface area (Å²) in [5, 5.41) is 12.9. The predicted octanol–water partition coefficient (Wildman–Crippen LogP) is 6.05. The van der Waals surface area contributed by atoms with E-state index in [-0.39, 0.29) is 5.75 Å². The van der Waals surface area contributed by atoms with Crippen LogP contribution in [0.15, 0.2) is 97.1 Å². The first-order valence-corrected chi connectivity index (χ1v) is 8.80. The van der Waals surface area contributed by atoms with Crippen LogP contribution in [0.5, 0.6) is 5.75 Å². The molecule has 3 heteroatoms. The topological polar surface area (TPSA) is 58.3 Å². The number of benzene rings is 4. The Morgan fingerprint density at radius 3 is 2.00 bits per heavy atom. The quantitative estimate of drug-likeness (QED) is 0.392. The van der Waals surface area contributed by atoms with Gasteiger partial charge in [0, 0.05) is 5.69 Å². The zero-order valence-electron chi connectivity index (χ0n) is 14.8. The first kappa shape index (κ1) is 16.7. The van der Waals surface area contributed by atoms with Crippen molar-refractivity contribution in [2.45, 2.75) is 0 Å². The van der Waals surface area contributed by atoms with Gasteiger partial charge >= 0.3 is 0 Å². The second kappa shape index (κ2) is 7.26. The minimum Gasteiger partial charge on any atom is -0.508 e. The number of hydrogen-bond donors (Lipinski definition) is 3. The van der Waals surface area contributed by atoms with E-state index in [1.165, 1.54) is 5.56 Å². The smallest absolute Gasteiger partial charge is 0.115 e. The number of nitrogens with two attached hydrogens (primary N) is 1. The third-order valence-corrected chi connectivity index (χ3v) is 4.50. The number of anilines is 3. The van der Waals surface area contributed by atoms with Crippen LogP contribution in [0.3, 0.4) is 0 Å². The predicted molar refractivity (Wildman–Crippen MR) is 113 cm³/mol. The SMILES string of the molecule is Nc1ccc(-c2ccc(O)cc2)cc1Nc1cccc(-c2ccccc2)c1. The maximum absolute atomic E-state index is 9.48. The molecule has 4 N–H and O–H groups in total. The van der Waals surface area contributed by atoms with Crippen molar-refractivity contribution in [3.05, 3.63) is 97.1 Å². The van der Waals surface area contributed by atoms with Gasteiger partial charge in [-0.05, 0) is 58.7 Å². The molecule has 0 aliphatic heterocycles. The highest BCUT2D eigenvalue weighted by molar-refractivity contribution is 5.80. The lowest BCUT2D eigenvalue weighted by molar-refractivity contribution is 0.475. The molecule has 3 nitrogen and oxygen atoms in total. The van der Waals surface area contributed by atoms with Crippen molar-refractivity contribution in [3.8, 4) is 28.0 Å². The molecule has 27 heavy (non-hydrogen) atoms. The van der Waals surface area contributed by atoms with Crippen molar-refractivity contribution >= 4 is 17.1 Å². The Kier molecular flexibility index (Phi) is 4.50. The van der Waals surface area contributed by atoms with Gasteiger partial charge in [-0.25, -0.2) is 0 Å². The van der Waals surface area contributed by atoms with E-state index in [9.17, 15) is 5.11 Å². The van der Waals surface area contributed by atoms with Crippen LogP contribution in [0.25, 0.3) is 22.3 Å². The summed E-state index contributed by atoms with van der Waals surface area (Å²) in [6.45, 7) is 0. The highest BCUT2D eigenvalue weighted by Gasteiger charge is 2.05. The fourth-order valence-corrected chi connectivity index (χ4v) is 3.06. The van der Waals surface area contributed by atoms with Crippen LogP contribution in [0, 0.1) is 0 Å². The Morgan fingerprint density at radius 2 is 1.22 bits per heavy atom. The summed E-state index contributed by atoms with van der Waals surface area (Å²) in [5.41, 5.74) is 13.1. The first-order valence-electron chi connectivity index (χ1n) is 8.80. The van der Waals surface area contributed by atoms with Gasteiger partial charge in [-0.3, -0.25) is 0 Å². The molecule has 0 aliphatic carbocycles. The molecule has 4 aromatic carbocycles. The van der Waals surface area contributed by atoms with Crippen LogP contribution < -0.4 is 11.1 Å². The van der Waals surface area contributed by atoms with Crippen molar-refractivity contribution in [1.82, 2.24) is 0 Å². The Morgan fingerprint density at radius 1 is 0.593 bits per heavy atom. The molecule has 0 saturated carbocycles. The van der Waals surface area contributed by atoms with Gasteiger partial charge in [0.2, 0.25) is 0 Å². The minimum atomic E-state index is 0.255. The molecule has 0 fully saturated rings. The molecular formula is C24H20N2O. The van der Waals surface area contributed by atoms with Crippen LogP contribution in [0.2, 0.25) is 0 Å². The van der Waals surface area contributed by atoms with Crippen LogP contribution >= 0.6 is 0 Å². The number of nitrogens with one attached hydrogen (secondary N) is 1. The van der Waals surface area contributed by atoms with E-state index in [1.807, 2.05) is 60.7 Å². The van der Waals surface area contributed by atoms with Crippen LogP contribution in [0.1, 0.15) is 0 Å². The normalized spacial score (nSPS) is 10.5. The fourth-order valence-electron chi connectivity index (χ4n) is 3.06. The summed E-state index contributed by atoms with van der Waals surface area (Å²) in [5.74, 6) is 0.255. The molecular weight excluding hydrogens is 332 g/mol.